The van der Waals surface area contributed by atoms with Crippen molar-refractivity contribution in [3.63, 3.8) is 0 Å². The van der Waals surface area contributed by atoms with E-state index in [4.69, 9.17) is 4.74 Å². The number of methoxy groups -OCH3 is 1. The van der Waals surface area contributed by atoms with Crippen LogP contribution in [0.1, 0.15) is 0 Å². The average Bonchev–Trinajstić information content (AvgIpc) is 3.02. The minimum Gasteiger partial charge on any atom is -0.497 e. The Kier molecular flexibility index (Phi) is 3.31. The Morgan fingerprint density at radius 3 is 2.92 bits per heavy atom. The van der Waals surface area contributed by atoms with E-state index in [1.54, 1.807) is 36.3 Å². The highest BCUT2D eigenvalue weighted by molar-refractivity contribution is 5.90. The zero-order valence-electron chi connectivity index (χ0n) is 12.8. The summed E-state index contributed by atoms with van der Waals surface area (Å²) < 4.78 is 7.04. The molecule has 1 N–H and O–H groups in total. The van der Waals surface area contributed by atoms with Crippen molar-refractivity contribution in [1.29, 1.82) is 0 Å². The number of fused-ring (bicyclic) bond motifs is 1. The lowest BCUT2D eigenvalue weighted by Gasteiger charge is -2.04. The Hall–Kier alpha value is -3.48. The first kappa shape index (κ1) is 14.1. The van der Waals surface area contributed by atoms with Crippen molar-refractivity contribution < 1.29 is 4.74 Å². The predicted octanol–water partition coefficient (Wildman–Crippen LogP) is 2.16. The summed E-state index contributed by atoms with van der Waals surface area (Å²) in [5, 5.41) is 11.3. The maximum atomic E-state index is 11.3. The zero-order valence-corrected chi connectivity index (χ0v) is 12.8. The second kappa shape index (κ2) is 5.62. The third-order valence-corrected chi connectivity index (χ3v) is 3.72. The SMILES string of the molecule is COc1cccc(-c2nn3ccncc3c2-c2ccc(=O)[nH]n2)c1. The molecule has 0 saturated carbocycles. The third-order valence-electron chi connectivity index (χ3n) is 3.72. The maximum absolute atomic E-state index is 11.3. The van der Waals surface area contributed by atoms with Crippen molar-refractivity contribution in [2.45, 2.75) is 0 Å². The first-order chi connectivity index (χ1) is 11.8. The van der Waals surface area contributed by atoms with Crippen LogP contribution in [0.15, 0.2) is 59.8 Å². The lowest BCUT2D eigenvalue weighted by molar-refractivity contribution is 0.415. The number of nitrogens with one attached hydrogen (secondary N) is 1. The fraction of sp³-hybridized carbons (Fsp3) is 0.0588. The van der Waals surface area contributed by atoms with E-state index >= 15 is 0 Å². The largest absolute Gasteiger partial charge is 0.497 e. The number of rotatable bonds is 3. The highest BCUT2D eigenvalue weighted by Gasteiger charge is 2.18. The van der Waals surface area contributed by atoms with E-state index < -0.39 is 0 Å². The summed E-state index contributed by atoms with van der Waals surface area (Å²) in [6.45, 7) is 0. The summed E-state index contributed by atoms with van der Waals surface area (Å²) in [5.74, 6) is 0.739. The van der Waals surface area contributed by atoms with Gasteiger partial charge in [0, 0.05) is 24.0 Å². The summed E-state index contributed by atoms with van der Waals surface area (Å²) in [4.78, 5) is 15.5. The smallest absolute Gasteiger partial charge is 0.264 e. The Bertz CT molecular complexity index is 1060. The lowest BCUT2D eigenvalue weighted by Crippen LogP contribution is -2.05. The Balaban J connectivity index is 2.02. The molecule has 0 saturated heterocycles. The van der Waals surface area contributed by atoms with Crippen molar-refractivity contribution in [2.75, 3.05) is 7.11 Å². The van der Waals surface area contributed by atoms with Gasteiger partial charge in [-0.3, -0.25) is 9.78 Å². The number of H-pyrrole nitrogens is 1. The Morgan fingerprint density at radius 2 is 2.12 bits per heavy atom. The van der Waals surface area contributed by atoms with Crippen LogP contribution in [0.4, 0.5) is 0 Å². The Morgan fingerprint density at radius 1 is 1.21 bits per heavy atom. The molecule has 0 amide bonds. The fourth-order valence-corrected chi connectivity index (χ4v) is 2.61. The number of hydrogen-bond acceptors (Lipinski definition) is 5. The van der Waals surface area contributed by atoms with Gasteiger partial charge in [-0.05, 0) is 18.2 Å². The van der Waals surface area contributed by atoms with Gasteiger partial charge in [-0.2, -0.15) is 10.2 Å². The van der Waals surface area contributed by atoms with Crippen molar-refractivity contribution in [2.24, 2.45) is 0 Å². The normalized spacial score (nSPS) is 10.9. The zero-order chi connectivity index (χ0) is 16.5. The molecule has 0 spiro atoms. The molecule has 0 aliphatic heterocycles. The molecule has 24 heavy (non-hydrogen) atoms. The van der Waals surface area contributed by atoms with Crippen molar-refractivity contribution in [1.82, 2.24) is 24.8 Å². The summed E-state index contributed by atoms with van der Waals surface area (Å²) in [6.07, 6.45) is 5.16. The van der Waals surface area contributed by atoms with E-state index in [-0.39, 0.29) is 5.56 Å². The predicted molar refractivity (Wildman–Crippen MR) is 88.8 cm³/mol. The van der Waals surface area contributed by atoms with Crippen LogP contribution < -0.4 is 10.3 Å². The summed E-state index contributed by atoms with van der Waals surface area (Å²) in [6, 6.07) is 10.8. The van der Waals surface area contributed by atoms with Crippen LogP contribution in [0.2, 0.25) is 0 Å². The minimum atomic E-state index is -0.253. The standard InChI is InChI=1S/C17H13N5O2/c1-24-12-4-2-3-11(9-12)17-16(13-5-6-15(23)20-19-13)14-10-18-7-8-22(14)21-17/h2-10H,1H3,(H,20,23). The number of benzene rings is 1. The molecule has 1 aromatic carbocycles. The summed E-state index contributed by atoms with van der Waals surface area (Å²) >= 11 is 0. The van der Waals surface area contributed by atoms with Gasteiger partial charge in [0.1, 0.15) is 11.4 Å². The molecule has 0 unspecified atom stereocenters. The van der Waals surface area contributed by atoms with Crippen LogP contribution in [0, 0.1) is 0 Å². The molecule has 0 aliphatic rings. The number of nitrogens with zero attached hydrogens (tertiary/aromatic N) is 4. The van der Waals surface area contributed by atoms with Crippen LogP contribution in [0.25, 0.3) is 28.0 Å². The molecule has 0 atom stereocenters. The topological polar surface area (TPSA) is 85.2 Å². The molecular formula is C17H13N5O2. The van der Waals surface area contributed by atoms with E-state index in [9.17, 15) is 4.79 Å². The van der Waals surface area contributed by atoms with E-state index in [1.807, 2.05) is 24.3 Å². The third kappa shape index (κ3) is 2.32. The highest BCUT2D eigenvalue weighted by atomic mass is 16.5. The molecule has 3 aromatic heterocycles. The van der Waals surface area contributed by atoms with Gasteiger partial charge in [-0.1, -0.05) is 12.1 Å². The highest BCUT2D eigenvalue weighted by Crippen LogP contribution is 2.34. The first-order valence-electron chi connectivity index (χ1n) is 7.29. The molecule has 4 aromatic rings. The molecule has 0 fully saturated rings. The van der Waals surface area contributed by atoms with E-state index in [0.29, 0.717) is 5.69 Å². The quantitative estimate of drug-likeness (QED) is 0.625. The molecule has 0 bridgehead atoms. The second-order valence-corrected chi connectivity index (χ2v) is 5.17. The van der Waals surface area contributed by atoms with Gasteiger partial charge in [0.2, 0.25) is 0 Å². The lowest BCUT2D eigenvalue weighted by atomic mass is 10.0. The number of aromatic nitrogens is 5. The number of ether oxygens (including phenoxy) is 1. The van der Waals surface area contributed by atoms with Gasteiger partial charge < -0.3 is 4.74 Å². The fourth-order valence-electron chi connectivity index (χ4n) is 2.61. The molecular weight excluding hydrogens is 306 g/mol. The summed E-state index contributed by atoms with van der Waals surface area (Å²) in [5.41, 5.74) is 3.59. The number of aromatic amines is 1. The van der Waals surface area contributed by atoms with Gasteiger partial charge in [0.15, 0.2) is 0 Å². The van der Waals surface area contributed by atoms with Gasteiger partial charge in [-0.15, -0.1) is 0 Å². The monoisotopic (exact) mass is 319 g/mol. The van der Waals surface area contributed by atoms with Gasteiger partial charge in [0.05, 0.1) is 30.1 Å². The van der Waals surface area contributed by atoms with Gasteiger partial charge in [0.25, 0.3) is 5.56 Å². The summed E-state index contributed by atoms with van der Waals surface area (Å²) in [7, 11) is 1.62. The van der Waals surface area contributed by atoms with Crippen molar-refractivity contribution in [3.05, 3.63) is 65.3 Å². The first-order valence-corrected chi connectivity index (χ1v) is 7.29. The molecule has 0 aliphatic carbocycles. The van der Waals surface area contributed by atoms with Crippen LogP contribution >= 0.6 is 0 Å². The van der Waals surface area contributed by atoms with Crippen LogP contribution in [-0.2, 0) is 0 Å². The molecule has 4 rings (SSSR count). The Labute approximate surface area is 136 Å². The molecule has 7 heteroatoms. The minimum absolute atomic E-state index is 0.253. The van der Waals surface area contributed by atoms with Gasteiger partial charge in [-0.25, -0.2) is 9.61 Å². The van der Waals surface area contributed by atoms with Crippen molar-refractivity contribution in [3.8, 4) is 28.3 Å². The van der Waals surface area contributed by atoms with E-state index in [1.165, 1.54) is 6.07 Å². The van der Waals surface area contributed by atoms with Gasteiger partial charge >= 0.3 is 0 Å². The van der Waals surface area contributed by atoms with Crippen LogP contribution in [-0.4, -0.2) is 31.9 Å². The molecule has 3 heterocycles. The van der Waals surface area contributed by atoms with E-state index in [2.05, 4.69) is 20.3 Å². The molecule has 7 nitrogen and oxygen atoms in total. The molecule has 0 radical (unpaired) electrons. The maximum Gasteiger partial charge on any atom is 0.264 e. The average molecular weight is 319 g/mol. The van der Waals surface area contributed by atoms with Crippen LogP contribution in [0.3, 0.4) is 0 Å². The van der Waals surface area contributed by atoms with E-state index in [0.717, 1.165) is 28.1 Å². The second-order valence-electron chi connectivity index (χ2n) is 5.17. The van der Waals surface area contributed by atoms with Crippen LogP contribution in [0.5, 0.6) is 5.75 Å². The van der Waals surface area contributed by atoms with Crippen molar-refractivity contribution >= 4 is 5.52 Å². The molecule has 118 valence electrons. The number of hydrogen-bond donors (Lipinski definition) is 1.